The molecule has 21 heavy (non-hydrogen) atoms. The summed E-state index contributed by atoms with van der Waals surface area (Å²) in [4.78, 5) is -0.315. The van der Waals surface area contributed by atoms with Crippen molar-refractivity contribution in [2.75, 3.05) is 18.8 Å². The lowest BCUT2D eigenvalue weighted by Crippen LogP contribution is -2.33. The summed E-state index contributed by atoms with van der Waals surface area (Å²) in [5.41, 5.74) is 6.70. The summed E-state index contributed by atoms with van der Waals surface area (Å²) in [6.07, 6.45) is 2.53. The molecule has 2 N–H and O–H groups in total. The Labute approximate surface area is 126 Å². The van der Waals surface area contributed by atoms with Gasteiger partial charge in [0.25, 0.3) is 0 Å². The molecule has 1 aromatic rings. The molecular formula is C15H23FN2O2S. The van der Waals surface area contributed by atoms with Crippen LogP contribution in [0.5, 0.6) is 0 Å². The lowest BCUT2D eigenvalue weighted by Gasteiger charge is -2.23. The van der Waals surface area contributed by atoms with Gasteiger partial charge in [0.2, 0.25) is 10.0 Å². The van der Waals surface area contributed by atoms with Crippen molar-refractivity contribution in [2.45, 2.75) is 44.9 Å². The van der Waals surface area contributed by atoms with Crippen LogP contribution in [-0.2, 0) is 10.0 Å². The molecule has 118 valence electrons. The topological polar surface area (TPSA) is 63.4 Å². The minimum Gasteiger partial charge on any atom is -0.398 e. The van der Waals surface area contributed by atoms with Gasteiger partial charge < -0.3 is 5.73 Å². The van der Waals surface area contributed by atoms with E-state index in [4.69, 9.17) is 5.73 Å². The van der Waals surface area contributed by atoms with Crippen LogP contribution in [0.2, 0.25) is 0 Å². The Morgan fingerprint density at radius 1 is 1.24 bits per heavy atom. The molecule has 0 amide bonds. The fraction of sp³-hybridized carbons (Fsp3) is 0.600. The second-order valence-electron chi connectivity index (χ2n) is 6.56. The molecule has 2 rings (SSSR count). The first-order chi connectivity index (χ1) is 9.63. The number of rotatable bonds is 2. The van der Waals surface area contributed by atoms with E-state index in [-0.39, 0.29) is 10.3 Å². The average Bonchev–Trinajstić information content (AvgIpc) is 2.55. The number of anilines is 1. The number of aryl methyl sites for hydroxylation is 1. The number of nitrogens with two attached hydrogens (primary N) is 1. The zero-order chi connectivity index (χ0) is 15.8. The molecular weight excluding hydrogens is 291 g/mol. The molecule has 0 radical (unpaired) electrons. The summed E-state index contributed by atoms with van der Waals surface area (Å²) in [7, 11) is -3.83. The highest BCUT2D eigenvalue weighted by molar-refractivity contribution is 7.89. The van der Waals surface area contributed by atoms with E-state index in [0.29, 0.717) is 24.3 Å². The molecule has 0 spiro atoms. The molecule has 0 aliphatic carbocycles. The Kier molecular flexibility index (Phi) is 4.31. The molecule has 1 fully saturated rings. The van der Waals surface area contributed by atoms with Gasteiger partial charge in [-0.05, 0) is 49.3 Å². The third-order valence-corrected chi connectivity index (χ3v) is 6.15. The van der Waals surface area contributed by atoms with Crippen molar-refractivity contribution in [3.63, 3.8) is 0 Å². The Morgan fingerprint density at radius 3 is 2.57 bits per heavy atom. The predicted octanol–water partition coefficient (Wildman–Crippen LogP) is 2.92. The fourth-order valence-corrected chi connectivity index (χ4v) is 4.20. The Morgan fingerprint density at radius 2 is 1.90 bits per heavy atom. The minimum atomic E-state index is -3.83. The molecule has 1 heterocycles. The number of halogens is 1. The van der Waals surface area contributed by atoms with Crippen LogP contribution in [0.15, 0.2) is 17.0 Å². The molecule has 1 aromatic carbocycles. The first-order valence-electron chi connectivity index (χ1n) is 7.19. The molecule has 0 unspecified atom stereocenters. The van der Waals surface area contributed by atoms with Gasteiger partial charge in [0.05, 0.1) is 0 Å². The SMILES string of the molecule is Cc1cc(F)c(S(=O)(=O)N2CCCC(C)(C)CC2)cc1N. The number of hydrogen-bond acceptors (Lipinski definition) is 3. The summed E-state index contributed by atoms with van der Waals surface area (Å²) in [5.74, 6) is -0.731. The van der Waals surface area contributed by atoms with E-state index in [2.05, 4.69) is 13.8 Å². The Balaban J connectivity index is 2.36. The van der Waals surface area contributed by atoms with Crippen molar-refractivity contribution in [1.29, 1.82) is 0 Å². The monoisotopic (exact) mass is 314 g/mol. The third-order valence-electron chi connectivity index (χ3n) is 4.24. The summed E-state index contributed by atoms with van der Waals surface area (Å²) < 4.78 is 40.8. The highest BCUT2D eigenvalue weighted by Gasteiger charge is 2.32. The smallest absolute Gasteiger partial charge is 0.246 e. The molecule has 1 aliphatic heterocycles. The Hall–Kier alpha value is -1.14. The van der Waals surface area contributed by atoms with Crippen LogP contribution in [0.3, 0.4) is 0 Å². The summed E-state index contributed by atoms with van der Waals surface area (Å²) in [5, 5.41) is 0. The van der Waals surface area contributed by atoms with Crippen molar-refractivity contribution >= 4 is 15.7 Å². The number of sulfonamides is 1. The van der Waals surface area contributed by atoms with Gasteiger partial charge in [-0.1, -0.05) is 13.8 Å². The fourth-order valence-electron chi connectivity index (χ4n) is 2.64. The first kappa shape index (κ1) is 16.2. The van der Waals surface area contributed by atoms with Crippen LogP contribution < -0.4 is 5.73 Å². The van der Waals surface area contributed by atoms with E-state index in [1.165, 1.54) is 16.4 Å². The van der Waals surface area contributed by atoms with Crippen molar-refractivity contribution in [3.05, 3.63) is 23.5 Å². The summed E-state index contributed by atoms with van der Waals surface area (Å²) in [6.45, 7) is 6.77. The maximum Gasteiger partial charge on any atom is 0.246 e. The first-order valence-corrected chi connectivity index (χ1v) is 8.63. The van der Waals surface area contributed by atoms with E-state index >= 15 is 0 Å². The van der Waals surface area contributed by atoms with Gasteiger partial charge in [-0.15, -0.1) is 0 Å². The van der Waals surface area contributed by atoms with E-state index in [9.17, 15) is 12.8 Å². The summed E-state index contributed by atoms with van der Waals surface area (Å²) >= 11 is 0. The average molecular weight is 314 g/mol. The highest BCUT2D eigenvalue weighted by atomic mass is 32.2. The van der Waals surface area contributed by atoms with E-state index in [0.717, 1.165) is 19.3 Å². The number of nitrogen functional groups attached to an aromatic ring is 1. The molecule has 1 aliphatic rings. The maximum absolute atomic E-state index is 14.1. The van der Waals surface area contributed by atoms with Gasteiger partial charge in [0.15, 0.2) is 0 Å². The zero-order valence-electron chi connectivity index (χ0n) is 12.8. The maximum atomic E-state index is 14.1. The molecule has 0 bridgehead atoms. The third kappa shape index (κ3) is 3.37. The molecule has 0 aromatic heterocycles. The van der Waals surface area contributed by atoms with Crippen molar-refractivity contribution in [3.8, 4) is 0 Å². The molecule has 0 atom stereocenters. The van der Waals surface area contributed by atoms with Gasteiger partial charge in [0.1, 0.15) is 10.7 Å². The molecule has 6 heteroatoms. The van der Waals surface area contributed by atoms with Gasteiger partial charge in [-0.3, -0.25) is 0 Å². The molecule has 1 saturated heterocycles. The molecule has 0 saturated carbocycles. The van der Waals surface area contributed by atoms with E-state index < -0.39 is 15.8 Å². The van der Waals surface area contributed by atoms with Crippen LogP contribution in [-0.4, -0.2) is 25.8 Å². The Bertz CT molecular complexity index is 641. The van der Waals surface area contributed by atoms with Crippen LogP contribution in [0.4, 0.5) is 10.1 Å². The van der Waals surface area contributed by atoms with E-state index in [1.807, 2.05) is 0 Å². The van der Waals surface area contributed by atoms with Crippen LogP contribution in [0.25, 0.3) is 0 Å². The second kappa shape index (κ2) is 5.57. The molecule has 4 nitrogen and oxygen atoms in total. The number of benzene rings is 1. The quantitative estimate of drug-likeness (QED) is 0.854. The lowest BCUT2D eigenvalue weighted by molar-refractivity contribution is 0.314. The van der Waals surface area contributed by atoms with Crippen LogP contribution in [0.1, 0.15) is 38.7 Å². The van der Waals surface area contributed by atoms with Gasteiger partial charge >= 0.3 is 0 Å². The van der Waals surface area contributed by atoms with Gasteiger partial charge in [-0.2, -0.15) is 4.31 Å². The number of nitrogens with zero attached hydrogens (tertiary/aromatic N) is 1. The largest absolute Gasteiger partial charge is 0.398 e. The van der Waals surface area contributed by atoms with E-state index in [1.54, 1.807) is 6.92 Å². The zero-order valence-corrected chi connectivity index (χ0v) is 13.6. The van der Waals surface area contributed by atoms with Crippen LogP contribution in [0, 0.1) is 18.2 Å². The minimum absolute atomic E-state index is 0.120. The number of hydrogen-bond donors (Lipinski definition) is 1. The van der Waals surface area contributed by atoms with Crippen molar-refractivity contribution < 1.29 is 12.8 Å². The van der Waals surface area contributed by atoms with Gasteiger partial charge in [-0.25, -0.2) is 12.8 Å². The standard InChI is InChI=1S/C15H23FN2O2S/c1-11-9-12(16)14(10-13(11)17)21(19,20)18-7-4-5-15(2,3)6-8-18/h9-10H,4-8,17H2,1-3H3. The van der Waals surface area contributed by atoms with Gasteiger partial charge in [0, 0.05) is 18.8 Å². The van der Waals surface area contributed by atoms with Crippen molar-refractivity contribution in [1.82, 2.24) is 4.31 Å². The summed E-state index contributed by atoms with van der Waals surface area (Å²) in [6, 6.07) is 2.42. The van der Waals surface area contributed by atoms with Crippen LogP contribution >= 0.6 is 0 Å². The normalized spacial score (nSPS) is 20.2. The predicted molar refractivity (Wildman–Crippen MR) is 81.9 cm³/mol. The van der Waals surface area contributed by atoms with Crippen molar-refractivity contribution in [2.24, 2.45) is 5.41 Å². The lowest BCUT2D eigenvalue weighted by atomic mass is 9.85. The highest BCUT2D eigenvalue weighted by Crippen LogP contribution is 2.32. The second-order valence-corrected chi connectivity index (χ2v) is 8.47.